The number of anilines is 1. The summed E-state index contributed by atoms with van der Waals surface area (Å²) >= 11 is 0. The van der Waals surface area contributed by atoms with Gasteiger partial charge in [-0.3, -0.25) is 5.10 Å². The minimum absolute atomic E-state index is 0.0265. The van der Waals surface area contributed by atoms with Gasteiger partial charge in [0.05, 0.1) is 28.7 Å². The van der Waals surface area contributed by atoms with Gasteiger partial charge in [-0.05, 0) is 25.1 Å². The van der Waals surface area contributed by atoms with E-state index in [1.165, 1.54) is 18.3 Å². The first-order chi connectivity index (χ1) is 13.3. The summed E-state index contributed by atoms with van der Waals surface area (Å²) in [5.41, 5.74) is 6.07. The van der Waals surface area contributed by atoms with E-state index in [0.29, 0.717) is 5.69 Å². The first-order valence-corrected chi connectivity index (χ1v) is 7.64. The minimum atomic E-state index is -1.32. The van der Waals surface area contributed by atoms with E-state index < -0.39 is 11.9 Å². The molecule has 0 amide bonds. The summed E-state index contributed by atoms with van der Waals surface area (Å²) < 4.78 is 1.12. The number of nitrogens with zero attached hydrogens (tertiary/aromatic N) is 6. The van der Waals surface area contributed by atoms with Crippen molar-refractivity contribution in [3.05, 3.63) is 46.8 Å². The molecule has 28 heavy (non-hydrogen) atoms. The molecule has 5 N–H and O–H groups in total. The highest BCUT2D eigenvalue weighted by molar-refractivity contribution is 5.94. The van der Waals surface area contributed by atoms with E-state index >= 15 is 0 Å². The maximum absolute atomic E-state index is 11.3. The number of nitrogens with two attached hydrogens (primary N) is 1. The minimum Gasteiger partial charge on any atom is -0.478 e. The van der Waals surface area contributed by atoms with Crippen molar-refractivity contribution in [2.75, 3.05) is 5.73 Å². The fourth-order valence-corrected chi connectivity index (χ4v) is 2.35. The number of carbonyl (C=O) groups is 2. The van der Waals surface area contributed by atoms with Crippen molar-refractivity contribution >= 4 is 29.3 Å². The zero-order valence-electron chi connectivity index (χ0n) is 14.3. The Balaban J connectivity index is 2.17. The summed E-state index contributed by atoms with van der Waals surface area (Å²) in [6.45, 7) is 1.65. The lowest BCUT2D eigenvalue weighted by atomic mass is 10.1. The van der Waals surface area contributed by atoms with E-state index in [9.17, 15) is 25.1 Å². The fraction of sp³-hybridized carbons (Fsp3) is 0.0625. The standard InChI is InChI=1S/C16H12N8O4/c1-7-12(13(18)22-20-7)21-23-14-10(5-17)6-19-24(14)11-3-8(15(25)26)2-9(4-11)16(27)28/h2-4,6H,1H3,(H,25,26)(H,27,28)(H3,18,20,22). The number of aryl methyl sites for hydroxylation is 1. The molecule has 140 valence electrons. The monoisotopic (exact) mass is 380 g/mol. The number of rotatable bonds is 5. The number of aromatic amines is 1. The van der Waals surface area contributed by atoms with Crippen LogP contribution in [-0.4, -0.2) is 42.1 Å². The van der Waals surface area contributed by atoms with Crippen LogP contribution in [0.1, 0.15) is 32.0 Å². The molecule has 12 nitrogen and oxygen atoms in total. The molecule has 0 spiro atoms. The number of benzene rings is 1. The molecule has 0 unspecified atom stereocenters. The number of aromatic carboxylic acids is 2. The maximum atomic E-state index is 11.3. The fourth-order valence-electron chi connectivity index (χ4n) is 2.35. The summed E-state index contributed by atoms with van der Waals surface area (Å²) in [6, 6.07) is 5.32. The van der Waals surface area contributed by atoms with Crippen molar-refractivity contribution in [3.8, 4) is 11.8 Å². The highest BCUT2D eigenvalue weighted by Crippen LogP contribution is 2.29. The highest BCUT2D eigenvalue weighted by Gasteiger charge is 2.17. The number of nitrogen functional groups attached to an aromatic ring is 1. The SMILES string of the molecule is Cc1n[nH]c(N)c1N=Nc1c(C#N)cnn1-c1cc(C(=O)O)cc(C(=O)O)c1. The molecule has 0 atom stereocenters. The second kappa shape index (κ2) is 7.00. The van der Waals surface area contributed by atoms with Gasteiger partial charge in [-0.2, -0.15) is 15.5 Å². The molecule has 2 aromatic heterocycles. The number of hydrogen-bond donors (Lipinski definition) is 4. The zero-order valence-corrected chi connectivity index (χ0v) is 14.3. The number of nitrogens with one attached hydrogen (secondary N) is 1. The van der Waals surface area contributed by atoms with Gasteiger partial charge in [0.2, 0.25) is 0 Å². The molecule has 0 aliphatic rings. The number of nitriles is 1. The van der Waals surface area contributed by atoms with Crippen molar-refractivity contribution in [1.29, 1.82) is 5.26 Å². The second-order valence-corrected chi connectivity index (χ2v) is 5.56. The number of azo groups is 1. The molecule has 0 aliphatic heterocycles. The summed E-state index contributed by atoms with van der Waals surface area (Å²) in [5, 5.41) is 46.2. The largest absolute Gasteiger partial charge is 0.478 e. The second-order valence-electron chi connectivity index (χ2n) is 5.56. The molecule has 0 radical (unpaired) electrons. The average Bonchev–Trinajstić information content (AvgIpc) is 3.22. The van der Waals surface area contributed by atoms with Crippen molar-refractivity contribution in [2.24, 2.45) is 10.2 Å². The van der Waals surface area contributed by atoms with Gasteiger partial charge >= 0.3 is 11.9 Å². The van der Waals surface area contributed by atoms with Crippen LogP contribution in [0, 0.1) is 18.3 Å². The summed E-state index contributed by atoms with van der Waals surface area (Å²) in [6.07, 6.45) is 1.20. The summed E-state index contributed by atoms with van der Waals surface area (Å²) in [7, 11) is 0. The Labute approximate surface area is 156 Å². The molecule has 0 saturated heterocycles. The number of H-pyrrole nitrogens is 1. The van der Waals surface area contributed by atoms with Gasteiger partial charge in [0.15, 0.2) is 11.5 Å². The van der Waals surface area contributed by atoms with Crippen molar-refractivity contribution in [3.63, 3.8) is 0 Å². The summed E-state index contributed by atoms with van der Waals surface area (Å²) in [5.74, 6) is -2.49. The third-order valence-electron chi connectivity index (χ3n) is 3.71. The Morgan fingerprint density at radius 2 is 1.86 bits per heavy atom. The Hall–Kier alpha value is -4.53. The van der Waals surface area contributed by atoms with Gasteiger partial charge in [0.25, 0.3) is 0 Å². The van der Waals surface area contributed by atoms with Crippen LogP contribution in [0.5, 0.6) is 0 Å². The van der Waals surface area contributed by atoms with Crippen LogP contribution in [0.4, 0.5) is 17.3 Å². The molecular weight excluding hydrogens is 368 g/mol. The van der Waals surface area contributed by atoms with E-state index in [4.69, 9.17) is 5.73 Å². The van der Waals surface area contributed by atoms with E-state index in [0.717, 1.165) is 10.7 Å². The normalized spacial score (nSPS) is 10.9. The number of carboxylic acid groups (broad SMARTS) is 2. The molecule has 3 rings (SSSR count). The Morgan fingerprint density at radius 3 is 2.36 bits per heavy atom. The predicted octanol–water partition coefficient (Wildman–Crippen LogP) is 2.17. The molecule has 1 aromatic carbocycles. The van der Waals surface area contributed by atoms with Crippen LogP contribution in [-0.2, 0) is 0 Å². The zero-order chi connectivity index (χ0) is 20.4. The maximum Gasteiger partial charge on any atom is 0.335 e. The van der Waals surface area contributed by atoms with Crippen molar-refractivity contribution < 1.29 is 19.8 Å². The van der Waals surface area contributed by atoms with Gasteiger partial charge < -0.3 is 15.9 Å². The number of hydrogen-bond acceptors (Lipinski definition) is 8. The summed E-state index contributed by atoms with van der Waals surface area (Å²) in [4.78, 5) is 22.6. The van der Waals surface area contributed by atoms with E-state index in [1.54, 1.807) is 6.92 Å². The van der Waals surface area contributed by atoms with Gasteiger partial charge in [-0.25, -0.2) is 14.3 Å². The average molecular weight is 380 g/mol. The Kier molecular flexibility index (Phi) is 4.57. The Bertz CT molecular complexity index is 1120. The molecule has 0 aliphatic carbocycles. The van der Waals surface area contributed by atoms with Crippen LogP contribution in [0.3, 0.4) is 0 Å². The topological polar surface area (TPSA) is 196 Å². The van der Waals surface area contributed by atoms with E-state index in [-0.39, 0.29) is 39.7 Å². The van der Waals surface area contributed by atoms with Crippen molar-refractivity contribution in [1.82, 2.24) is 20.0 Å². The molecule has 3 aromatic rings. The van der Waals surface area contributed by atoms with Gasteiger partial charge in [0, 0.05) is 0 Å². The molecule has 0 bridgehead atoms. The lowest BCUT2D eigenvalue weighted by Gasteiger charge is -2.07. The molecular formula is C16H12N8O4. The lowest BCUT2D eigenvalue weighted by Crippen LogP contribution is -2.06. The first-order valence-electron chi connectivity index (χ1n) is 7.64. The van der Waals surface area contributed by atoms with E-state index in [2.05, 4.69) is 25.5 Å². The quantitative estimate of drug-likeness (QED) is 0.483. The molecule has 0 saturated carbocycles. The van der Waals surface area contributed by atoms with Gasteiger partial charge in [-0.15, -0.1) is 10.2 Å². The van der Waals surface area contributed by atoms with Crippen LogP contribution in [0.25, 0.3) is 5.69 Å². The van der Waals surface area contributed by atoms with Crippen LogP contribution in [0.15, 0.2) is 34.6 Å². The van der Waals surface area contributed by atoms with E-state index in [1.807, 2.05) is 6.07 Å². The molecule has 2 heterocycles. The third-order valence-corrected chi connectivity index (χ3v) is 3.71. The predicted molar refractivity (Wildman–Crippen MR) is 94.1 cm³/mol. The first kappa shape index (κ1) is 18.3. The van der Waals surface area contributed by atoms with Gasteiger partial charge in [0.1, 0.15) is 17.5 Å². The van der Waals surface area contributed by atoms with Crippen LogP contribution < -0.4 is 5.73 Å². The molecule has 0 fully saturated rings. The third kappa shape index (κ3) is 3.27. The van der Waals surface area contributed by atoms with Crippen molar-refractivity contribution in [2.45, 2.75) is 6.92 Å². The smallest absolute Gasteiger partial charge is 0.335 e. The highest BCUT2D eigenvalue weighted by atomic mass is 16.4. The lowest BCUT2D eigenvalue weighted by molar-refractivity contribution is 0.0696. The Morgan fingerprint density at radius 1 is 1.21 bits per heavy atom. The number of carboxylic acids is 2. The molecule has 12 heteroatoms. The van der Waals surface area contributed by atoms with Gasteiger partial charge in [-0.1, -0.05) is 0 Å². The number of aromatic nitrogens is 4. The van der Waals surface area contributed by atoms with Crippen LogP contribution >= 0.6 is 0 Å². The van der Waals surface area contributed by atoms with Crippen LogP contribution in [0.2, 0.25) is 0 Å².